The molecule has 2 N–H and O–H groups in total. The summed E-state index contributed by atoms with van der Waals surface area (Å²) < 4.78 is 0. The highest BCUT2D eigenvalue weighted by molar-refractivity contribution is 7.80. The molecule has 88 valence electrons. The summed E-state index contributed by atoms with van der Waals surface area (Å²) in [7, 11) is 0. The Morgan fingerprint density at radius 1 is 1.29 bits per heavy atom. The van der Waals surface area contributed by atoms with Gasteiger partial charge in [0.15, 0.2) is 5.11 Å². The lowest BCUT2D eigenvalue weighted by molar-refractivity contribution is 0.271. The second-order valence-electron chi connectivity index (χ2n) is 4.39. The highest BCUT2D eigenvalue weighted by atomic mass is 32.1. The third-order valence-corrected chi connectivity index (χ3v) is 3.73. The number of piperidine rings is 1. The largest absolute Gasteiger partial charge is 0.376 e. The first kappa shape index (κ1) is 11.9. The summed E-state index contributed by atoms with van der Waals surface area (Å²) in [5.74, 6) is 0. The molecule has 3 nitrogen and oxygen atoms in total. The molecule has 0 aliphatic carbocycles. The summed E-state index contributed by atoms with van der Waals surface area (Å²) in [6, 6.07) is 12.5. The van der Waals surface area contributed by atoms with E-state index in [-0.39, 0.29) is 5.41 Å². The van der Waals surface area contributed by atoms with Crippen molar-refractivity contribution < 1.29 is 0 Å². The monoisotopic (exact) mass is 245 g/mol. The van der Waals surface area contributed by atoms with E-state index < -0.39 is 0 Å². The summed E-state index contributed by atoms with van der Waals surface area (Å²) in [6.07, 6.45) is 1.57. The zero-order valence-electron chi connectivity index (χ0n) is 9.60. The molecule has 1 saturated heterocycles. The van der Waals surface area contributed by atoms with Crippen LogP contribution in [0.1, 0.15) is 18.4 Å². The first-order chi connectivity index (χ1) is 8.18. The third-order valence-electron chi connectivity index (χ3n) is 3.47. The standard InChI is InChI=1S/C13H15N3S/c14-10-13(11-4-2-1-3-5-11)6-8-16(9-7-13)12(15)17/h1-5H,6-9H2,(H2,15,17). The lowest BCUT2D eigenvalue weighted by Crippen LogP contribution is -2.46. The molecule has 1 aromatic rings. The van der Waals surface area contributed by atoms with Crippen molar-refractivity contribution in [2.75, 3.05) is 13.1 Å². The lowest BCUT2D eigenvalue weighted by Gasteiger charge is -2.37. The van der Waals surface area contributed by atoms with Gasteiger partial charge in [-0.2, -0.15) is 5.26 Å². The minimum atomic E-state index is -0.372. The van der Waals surface area contributed by atoms with E-state index in [1.54, 1.807) is 0 Å². The number of nitrogens with zero attached hydrogens (tertiary/aromatic N) is 2. The van der Waals surface area contributed by atoms with Gasteiger partial charge in [-0.15, -0.1) is 0 Å². The zero-order valence-corrected chi connectivity index (χ0v) is 10.4. The summed E-state index contributed by atoms with van der Waals surface area (Å²) >= 11 is 4.96. The van der Waals surface area contributed by atoms with Gasteiger partial charge in [0.25, 0.3) is 0 Å². The van der Waals surface area contributed by atoms with E-state index in [2.05, 4.69) is 6.07 Å². The maximum absolute atomic E-state index is 9.49. The van der Waals surface area contributed by atoms with Gasteiger partial charge in [-0.05, 0) is 30.6 Å². The van der Waals surface area contributed by atoms with Crippen molar-refractivity contribution in [3.8, 4) is 6.07 Å². The smallest absolute Gasteiger partial charge is 0.166 e. The average molecular weight is 245 g/mol. The molecule has 0 unspecified atom stereocenters. The van der Waals surface area contributed by atoms with E-state index in [0.29, 0.717) is 5.11 Å². The molecular formula is C13H15N3S. The van der Waals surface area contributed by atoms with Crippen LogP contribution in [0.4, 0.5) is 0 Å². The fourth-order valence-corrected chi connectivity index (χ4v) is 2.51. The van der Waals surface area contributed by atoms with E-state index >= 15 is 0 Å². The van der Waals surface area contributed by atoms with Crippen LogP contribution in [0, 0.1) is 11.3 Å². The Morgan fingerprint density at radius 3 is 2.35 bits per heavy atom. The van der Waals surface area contributed by atoms with Crippen LogP contribution in [0.3, 0.4) is 0 Å². The molecule has 4 heteroatoms. The van der Waals surface area contributed by atoms with Crippen molar-refractivity contribution >= 4 is 17.3 Å². The zero-order chi connectivity index (χ0) is 12.3. The van der Waals surface area contributed by atoms with Crippen LogP contribution in [0.2, 0.25) is 0 Å². The molecule has 1 aliphatic rings. The number of hydrogen-bond acceptors (Lipinski definition) is 2. The predicted molar refractivity (Wildman–Crippen MR) is 71.3 cm³/mol. The molecule has 0 radical (unpaired) electrons. The number of hydrogen-bond donors (Lipinski definition) is 1. The van der Waals surface area contributed by atoms with Crippen molar-refractivity contribution in [2.24, 2.45) is 5.73 Å². The number of likely N-dealkylation sites (tertiary alicyclic amines) is 1. The molecule has 1 heterocycles. The molecule has 0 bridgehead atoms. The summed E-state index contributed by atoms with van der Waals surface area (Å²) in [5.41, 5.74) is 6.34. The molecule has 1 aliphatic heterocycles. The Balaban J connectivity index is 2.20. The van der Waals surface area contributed by atoms with Gasteiger partial charge in [0.2, 0.25) is 0 Å². The molecule has 0 atom stereocenters. The van der Waals surface area contributed by atoms with Crippen molar-refractivity contribution in [3.63, 3.8) is 0 Å². The molecule has 2 rings (SSSR count). The second kappa shape index (κ2) is 4.72. The highest BCUT2D eigenvalue weighted by Gasteiger charge is 2.36. The number of nitrogens with two attached hydrogens (primary N) is 1. The van der Waals surface area contributed by atoms with Crippen LogP contribution in [-0.2, 0) is 5.41 Å². The van der Waals surface area contributed by atoms with Crippen molar-refractivity contribution in [3.05, 3.63) is 35.9 Å². The predicted octanol–water partition coefficient (Wildman–Crippen LogP) is 1.79. The van der Waals surface area contributed by atoms with E-state index in [9.17, 15) is 5.26 Å². The summed E-state index contributed by atoms with van der Waals surface area (Å²) in [5, 5.41) is 9.92. The molecule has 0 amide bonds. The quantitative estimate of drug-likeness (QED) is 0.766. The molecule has 0 spiro atoms. The second-order valence-corrected chi connectivity index (χ2v) is 4.80. The molecular weight excluding hydrogens is 230 g/mol. The SMILES string of the molecule is N#CC1(c2ccccc2)CCN(C(N)=S)CC1. The van der Waals surface area contributed by atoms with Gasteiger partial charge in [-0.3, -0.25) is 0 Å². The van der Waals surface area contributed by atoms with Crippen molar-refractivity contribution in [2.45, 2.75) is 18.3 Å². The molecule has 1 aromatic carbocycles. The van der Waals surface area contributed by atoms with Crippen LogP contribution in [0.15, 0.2) is 30.3 Å². The number of nitriles is 1. The summed E-state index contributed by atoms with van der Waals surface area (Å²) in [6.45, 7) is 1.52. The van der Waals surface area contributed by atoms with Gasteiger partial charge in [0.1, 0.15) is 0 Å². The van der Waals surface area contributed by atoms with Crippen LogP contribution < -0.4 is 5.73 Å². The van der Waals surface area contributed by atoms with E-state index in [4.69, 9.17) is 18.0 Å². The molecule has 0 saturated carbocycles. The van der Waals surface area contributed by atoms with Gasteiger partial charge < -0.3 is 10.6 Å². The molecule has 1 fully saturated rings. The lowest BCUT2D eigenvalue weighted by atomic mass is 9.74. The van der Waals surface area contributed by atoms with Crippen LogP contribution in [0.5, 0.6) is 0 Å². The van der Waals surface area contributed by atoms with E-state index in [1.807, 2.05) is 35.2 Å². The maximum atomic E-state index is 9.49. The van der Waals surface area contributed by atoms with Gasteiger partial charge in [-0.1, -0.05) is 30.3 Å². The number of thiocarbonyl (C=S) groups is 1. The van der Waals surface area contributed by atoms with Gasteiger partial charge in [0.05, 0.1) is 11.5 Å². The molecule has 0 aromatic heterocycles. The highest BCUT2D eigenvalue weighted by Crippen LogP contribution is 2.34. The van der Waals surface area contributed by atoms with Gasteiger partial charge in [0, 0.05) is 13.1 Å². The van der Waals surface area contributed by atoms with Crippen LogP contribution in [-0.4, -0.2) is 23.1 Å². The Labute approximate surface area is 107 Å². The normalized spacial score (nSPS) is 18.4. The fourth-order valence-electron chi connectivity index (χ4n) is 2.33. The minimum Gasteiger partial charge on any atom is -0.376 e. The maximum Gasteiger partial charge on any atom is 0.166 e. The molecule has 17 heavy (non-hydrogen) atoms. The van der Waals surface area contributed by atoms with Crippen molar-refractivity contribution in [1.29, 1.82) is 5.26 Å². The van der Waals surface area contributed by atoms with Gasteiger partial charge >= 0.3 is 0 Å². The topological polar surface area (TPSA) is 53.0 Å². The Bertz CT molecular complexity index is 441. The van der Waals surface area contributed by atoms with Crippen LogP contribution in [0.25, 0.3) is 0 Å². The number of benzene rings is 1. The summed E-state index contributed by atoms with van der Waals surface area (Å²) in [4.78, 5) is 1.97. The minimum absolute atomic E-state index is 0.372. The fraction of sp³-hybridized carbons (Fsp3) is 0.385. The Morgan fingerprint density at radius 2 is 1.88 bits per heavy atom. The Hall–Kier alpha value is -1.60. The average Bonchev–Trinajstić information content (AvgIpc) is 2.40. The van der Waals surface area contributed by atoms with E-state index in [0.717, 1.165) is 31.5 Å². The third kappa shape index (κ3) is 2.25. The first-order valence-corrected chi connectivity index (χ1v) is 6.10. The Kier molecular flexibility index (Phi) is 3.30. The first-order valence-electron chi connectivity index (χ1n) is 5.69. The number of rotatable bonds is 1. The van der Waals surface area contributed by atoms with Crippen LogP contribution >= 0.6 is 12.2 Å². The van der Waals surface area contributed by atoms with Crippen molar-refractivity contribution in [1.82, 2.24) is 4.90 Å². The van der Waals surface area contributed by atoms with E-state index in [1.165, 1.54) is 0 Å². The van der Waals surface area contributed by atoms with Gasteiger partial charge in [-0.25, -0.2) is 0 Å².